The van der Waals surface area contributed by atoms with Gasteiger partial charge < -0.3 is 20.1 Å². The Balaban J connectivity index is 2.19. The molecule has 6 nitrogen and oxygen atoms in total. The van der Waals surface area contributed by atoms with Gasteiger partial charge in [0.2, 0.25) is 0 Å². The molecule has 1 rings (SSSR count). The van der Waals surface area contributed by atoms with Gasteiger partial charge in [-0.05, 0) is 19.8 Å². The van der Waals surface area contributed by atoms with Crippen LogP contribution in [0, 0.1) is 5.92 Å². The van der Waals surface area contributed by atoms with Crippen LogP contribution in [0.2, 0.25) is 0 Å². The van der Waals surface area contributed by atoms with E-state index in [1.54, 1.807) is 6.92 Å². The lowest BCUT2D eigenvalue weighted by atomic mass is 10.2. The first-order valence-electron chi connectivity index (χ1n) is 7.41. The molecule has 0 bridgehead atoms. The minimum atomic E-state index is -0.888. The summed E-state index contributed by atoms with van der Waals surface area (Å²) in [6.07, 6.45) is 5.04. The lowest BCUT2D eigenvalue weighted by Crippen LogP contribution is -2.44. The topological polar surface area (TPSA) is 78.9 Å². The normalized spacial score (nSPS) is 16.9. The van der Waals surface area contributed by atoms with Crippen molar-refractivity contribution < 1.29 is 19.4 Å². The van der Waals surface area contributed by atoms with Crippen LogP contribution in [0.1, 0.15) is 39.5 Å². The third kappa shape index (κ3) is 5.77. The molecule has 1 fully saturated rings. The van der Waals surface area contributed by atoms with Gasteiger partial charge in [-0.25, -0.2) is 4.79 Å². The van der Waals surface area contributed by atoms with Gasteiger partial charge in [0.05, 0.1) is 18.6 Å². The number of carboxylic acids is 1. The Bertz CT molecular complexity index is 316. The molecule has 0 radical (unpaired) electrons. The fourth-order valence-corrected chi connectivity index (χ4v) is 2.31. The monoisotopic (exact) mass is 286 g/mol. The van der Waals surface area contributed by atoms with Crippen LogP contribution >= 0.6 is 0 Å². The highest BCUT2D eigenvalue weighted by Gasteiger charge is 2.19. The second kappa shape index (κ2) is 8.79. The molecule has 0 aromatic rings. The van der Waals surface area contributed by atoms with Crippen molar-refractivity contribution in [1.29, 1.82) is 0 Å². The first kappa shape index (κ1) is 16.8. The van der Waals surface area contributed by atoms with E-state index in [-0.39, 0.29) is 12.6 Å². The first-order chi connectivity index (χ1) is 9.54. The predicted molar refractivity (Wildman–Crippen MR) is 75.7 cm³/mol. The molecular formula is C14H26N2O4. The number of urea groups is 1. The van der Waals surface area contributed by atoms with E-state index >= 15 is 0 Å². The average molecular weight is 286 g/mol. The number of carbonyl (C=O) groups excluding carboxylic acids is 1. The molecule has 0 saturated heterocycles. The molecule has 0 aromatic heterocycles. The fourth-order valence-electron chi connectivity index (χ4n) is 2.31. The quantitative estimate of drug-likeness (QED) is 0.666. The van der Waals surface area contributed by atoms with E-state index in [4.69, 9.17) is 9.84 Å². The highest BCUT2D eigenvalue weighted by Crippen LogP contribution is 2.20. The molecule has 0 aromatic carbocycles. The zero-order valence-corrected chi connectivity index (χ0v) is 12.4. The van der Waals surface area contributed by atoms with Crippen LogP contribution in [-0.4, -0.2) is 54.4 Å². The number of nitrogens with zero attached hydrogens (tertiary/aromatic N) is 1. The Morgan fingerprint density at radius 2 is 2.05 bits per heavy atom. The van der Waals surface area contributed by atoms with Gasteiger partial charge in [-0.1, -0.05) is 19.8 Å². The summed E-state index contributed by atoms with van der Waals surface area (Å²) >= 11 is 0. The van der Waals surface area contributed by atoms with Crippen LogP contribution in [0.4, 0.5) is 4.79 Å². The van der Waals surface area contributed by atoms with Crippen molar-refractivity contribution in [3.05, 3.63) is 0 Å². The van der Waals surface area contributed by atoms with E-state index < -0.39 is 11.9 Å². The van der Waals surface area contributed by atoms with Crippen molar-refractivity contribution in [3.63, 3.8) is 0 Å². The molecule has 6 heteroatoms. The van der Waals surface area contributed by atoms with Gasteiger partial charge in [-0.3, -0.25) is 4.79 Å². The van der Waals surface area contributed by atoms with Gasteiger partial charge in [0.1, 0.15) is 0 Å². The number of amides is 2. The van der Waals surface area contributed by atoms with Crippen molar-refractivity contribution in [2.45, 2.75) is 45.6 Å². The maximum Gasteiger partial charge on any atom is 0.317 e. The summed E-state index contributed by atoms with van der Waals surface area (Å²) < 4.78 is 5.66. The number of rotatable bonds is 8. The van der Waals surface area contributed by atoms with E-state index in [1.165, 1.54) is 17.7 Å². The van der Waals surface area contributed by atoms with Gasteiger partial charge in [-0.15, -0.1) is 0 Å². The van der Waals surface area contributed by atoms with E-state index in [0.717, 1.165) is 12.8 Å². The summed E-state index contributed by atoms with van der Waals surface area (Å²) in [5.41, 5.74) is 0. The van der Waals surface area contributed by atoms with Crippen LogP contribution in [0.25, 0.3) is 0 Å². The maximum atomic E-state index is 11.9. The van der Waals surface area contributed by atoms with Crippen molar-refractivity contribution >= 4 is 12.0 Å². The highest BCUT2D eigenvalue weighted by molar-refractivity contribution is 5.75. The van der Waals surface area contributed by atoms with E-state index in [1.807, 2.05) is 6.92 Å². The minimum Gasteiger partial charge on any atom is -0.481 e. The largest absolute Gasteiger partial charge is 0.481 e. The molecule has 0 heterocycles. The molecule has 116 valence electrons. The lowest BCUT2D eigenvalue weighted by Gasteiger charge is -2.23. The van der Waals surface area contributed by atoms with Crippen LogP contribution in [0.15, 0.2) is 0 Å². The number of carbonyl (C=O) groups is 2. The molecular weight excluding hydrogens is 260 g/mol. The summed E-state index contributed by atoms with van der Waals surface area (Å²) in [6, 6.07) is -0.226. The van der Waals surface area contributed by atoms with E-state index in [9.17, 15) is 9.59 Å². The maximum absolute atomic E-state index is 11.9. The zero-order valence-electron chi connectivity index (χ0n) is 12.4. The summed E-state index contributed by atoms with van der Waals surface area (Å²) in [5.74, 6) is -1.45. The van der Waals surface area contributed by atoms with Gasteiger partial charge >= 0.3 is 12.0 Å². The SMILES string of the molecule is CCN(CC(C)C(=O)O)C(=O)NCCOC1CCCC1. The van der Waals surface area contributed by atoms with Crippen molar-refractivity contribution in [2.24, 2.45) is 5.92 Å². The Morgan fingerprint density at radius 3 is 2.60 bits per heavy atom. The number of aliphatic carboxylic acids is 1. The standard InChI is InChI=1S/C14H26N2O4/c1-3-16(10-11(2)13(17)18)14(19)15-8-9-20-12-6-4-5-7-12/h11-12H,3-10H2,1-2H3,(H,15,19)(H,17,18). The molecule has 0 spiro atoms. The van der Waals surface area contributed by atoms with E-state index in [0.29, 0.717) is 25.8 Å². The third-order valence-corrected chi connectivity index (χ3v) is 3.62. The third-order valence-electron chi connectivity index (χ3n) is 3.62. The summed E-state index contributed by atoms with van der Waals surface area (Å²) in [6.45, 7) is 5.13. The number of ether oxygens (including phenoxy) is 1. The number of hydrogen-bond acceptors (Lipinski definition) is 3. The molecule has 2 amide bonds. The summed E-state index contributed by atoms with van der Waals surface area (Å²) in [4.78, 5) is 24.2. The molecule has 1 atom stereocenters. The molecule has 0 aliphatic heterocycles. The predicted octanol–water partition coefficient (Wildman–Crippen LogP) is 1.70. The van der Waals surface area contributed by atoms with Crippen LogP contribution in [0.5, 0.6) is 0 Å². The Morgan fingerprint density at radius 1 is 1.40 bits per heavy atom. The Kier molecular flexibility index (Phi) is 7.36. The number of hydrogen-bond donors (Lipinski definition) is 2. The second-order valence-corrected chi connectivity index (χ2v) is 5.29. The Hall–Kier alpha value is -1.30. The van der Waals surface area contributed by atoms with Crippen LogP contribution < -0.4 is 5.32 Å². The lowest BCUT2D eigenvalue weighted by molar-refractivity contribution is -0.141. The summed E-state index contributed by atoms with van der Waals surface area (Å²) in [5, 5.41) is 11.6. The minimum absolute atomic E-state index is 0.223. The van der Waals surface area contributed by atoms with Crippen molar-refractivity contribution in [1.82, 2.24) is 10.2 Å². The molecule has 1 saturated carbocycles. The van der Waals surface area contributed by atoms with Crippen LogP contribution in [-0.2, 0) is 9.53 Å². The number of carboxylic acid groups (broad SMARTS) is 1. The fraction of sp³-hybridized carbons (Fsp3) is 0.857. The average Bonchev–Trinajstić information content (AvgIpc) is 2.93. The van der Waals surface area contributed by atoms with Gasteiger partial charge in [-0.2, -0.15) is 0 Å². The molecule has 20 heavy (non-hydrogen) atoms. The molecule has 1 aliphatic carbocycles. The summed E-state index contributed by atoms with van der Waals surface area (Å²) in [7, 11) is 0. The van der Waals surface area contributed by atoms with Gasteiger partial charge in [0, 0.05) is 19.6 Å². The van der Waals surface area contributed by atoms with Crippen molar-refractivity contribution in [3.8, 4) is 0 Å². The van der Waals surface area contributed by atoms with E-state index in [2.05, 4.69) is 5.32 Å². The smallest absolute Gasteiger partial charge is 0.317 e. The molecule has 1 aliphatic rings. The molecule has 2 N–H and O–H groups in total. The number of nitrogens with one attached hydrogen (secondary N) is 1. The second-order valence-electron chi connectivity index (χ2n) is 5.29. The van der Waals surface area contributed by atoms with Crippen molar-refractivity contribution in [2.75, 3.05) is 26.2 Å². The molecule has 1 unspecified atom stereocenters. The zero-order chi connectivity index (χ0) is 15.0. The van der Waals surface area contributed by atoms with Gasteiger partial charge in [0.25, 0.3) is 0 Å². The van der Waals surface area contributed by atoms with Gasteiger partial charge in [0.15, 0.2) is 0 Å². The first-order valence-corrected chi connectivity index (χ1v) is 7.41. The van der Waals surface area contributed by atoms with Crippen LogP contribution in [0.3, 0.4) is 0 Å². The highest BCUT2D eigenvalue weighted by atomic mass is 16.5. The Labute approximate surface area is 120 Å².